The predicted molar refractivity (Wildman–Crippen MR) is 108 cm³/mol. The molecule has 0 amide bonds. The van der Waals surface area contributed by atoms with Crippen molar-refractivity contribution in [2.45, 2.75) is 45.3 Å². The first kappa shape index (κ1) is 18.1. The van der Waals surface area contributed by atoms with Gasteiger partial charge in [-0.15, -0.1) is 10.2 Å². The lowest BCUT2D eigenvalue weighted by atomic mass is 10.0. The predicted octanol–water partition coefficient (Wildman–Crippen LogP) is 2.75. The van der Waals surface area contributed by atoms with Gasteiger partial charge >= 0.3 is 0 Å². The lowest BCUT2D eigenvalue weighted by molar-refractivity contribution is 0.348. The first-order valence-electron chi connectivity index (χ1n) is 9.41. The molecule has 7 nitrogen and oxygen atoms in total. The number of hydrogen-bond donors (Lipinski definition) is 1. The molecular weight excluding hydrogens is 358 g/mol. The smallest absolute Gasteiger partial charge is 0.147 e. The standard InChI is InChI=1S/C19H25N7S/c1-14(11-26-13-20-12-21-26)22-17-6-8-25(9-7-17)18-5-3-4-16(10-18)19-24-23-15(2)27-19/h3-5,10,12-14,17,22H,6-9,11H2,1-2H3/t14-/m1/s1. The molecule has 27 heavy (non-hydrogen) atoms. The highest BCUT2D eigenvalue weighted by molar-refractivity contribution is 7.14. The second kappa shape index (κ2) is 8.14. The van der Waals surface area contributed by atoms with Crippen LogP contribution in [0, 0.1) is 6.92 Å². The Morgan fingerprint density at radius 2 is 2.11 bits per heavy atom. The van der Waals surface area contributed by atoms with E-state index in [0.29, 0.717) is 12.1 Å². The molecule has 0 spiro atoms. The summed E-state index contributed by atoms with van der Waals surface area (Å²) >= 11 is 1.64. The van der Waals surface area contributed by atoms with E-state index in [2.05, 4.69) is 61.7 Å². The average molecular weight is 384 g/mol. The number of hydrogen-bond acceptors (Lipinski definition) is 7. The Labute approximate surface area is 163 Å². The molecule has 1 saturated heterocycles. The summed E-state index contributed by atoms with van der Waals surface area (Å²) in [5.74, 6) is 0. The number of piperidine rings is 1. The van der Waals surface area contributed by atoms with Crippen LogP contribution < -0.4 is 10.2 Å². The summed E-state index contributed by atoms with van der Waals surface area (Å²) in [4.78, 5) is 6.48. The van der Waals surface area contributed by atoms with Gasteiger partial charge in [-0.25, -0.2) is 4.98 Å². The number of anilines is 1. The van der Waals surface area contributed by atoms with Gasteiger partial charge < -0.3 is 10.2 Å². The molecule has 1 N–H and O–H groups in total. The fourth-order valence-electron chi connectivity index (χ4n) is 3.62. The summed E-state index contributed by atoms with van der Waals surface area (Å²) in [6.07, 6.45) is 5.64. The maximum absolute atomic E-state index is 4.28. The van der Waals surface area contributed by atoms with E-state index in [0.717, 1.165) is 48.1 Å². The Balaban J connectivity index is 1.32. The normalized spacial score (nSPS) is 16.6. The Morgan fingerprint density at radius 1 is 1.26 bits per heavy atom. The molecule has 0 unspecified atom stereocenters. The van der Waals surface area contributed by atoms with Gasteiger partial charge in [0, 0.05) is 36.4 Å². The summed E-state index contributed by atoms with van der Waals surface area (Å²) < 4.78 is 1.88. The lowest BCUT2D eigenvalue weighted by Crippen LogP contribution is -2.46. The van der Waals surface area contributed by atoms with Crippen LogP contribution in [0.25, 0.3) is 10.6 Å². The molecule has 142 valence electrons. The molecule has 1 aliphatic heterocycles. The average Bonchev–Trinajstić information content (AvgIpc) is 3.34. The van der Waals surface area contributed by atoms with Gasteiger partial charge in [-0.3, -0.25) is 4.68 Å². The zero-order chi connectivity index (χ0) is 18.6. The third-order valence-corrected chi connectivity index (χ3v) is 5.81. The summed E-state index contributed by atoms with van der Waals surface area (Å²) in [5, 5.41) is 18.3. The quantitative estimate of drug-likeness (QED) is 0.706. The highest BCUT2D eigenvalue weighted by Crippen LogP contribution is 2.28. The van der Waals surface area contributed by atoms with E-state index in [1.165, 1.54) is 5.69 Å². The Kier molecular flexibility index (Phi) is 5.45. The van der Waals surface area contributed by atoms with Crippen LogP contribution in [0.5, 0.6) is 0 Å². The van der Waals surface area contributed by atoms with Gasteiger partial charge in [0.1, 0.15) is 22.7 Å². The van der Waals surface area contributed by atoms with Crippen molar-refractivity contribution in [3.8, 4) is 10.6 Å². The first-order chi connectivity index (χ1) is 13.2. The number of aryl methyl sites for hydroxylation is 1. The first-order valence-corrected chi connectivity index (χ1v) is 10.2. The maximum Gasteiger partial charge on any atom is 0.147 e. The molecule has 0 saturated carbocycles. The zero-order valence-corrected chi connectivity index (χ0v) is 16.6. The molecule has 8 heteroatoms. The summed E-state index contributed by atoms with van der Waals surface area (Å²) in [7, 11) is 0. The van der Waals surface area contributed by atoms with Gasteiger partial charge in [0.25, 0.3) is 0 Å². The fourth-order valence-corrected chi connectivity index (χ4v) is 4.30. The van der Waals surface area contributed by atoms with Crippen LogP contribution in [0.4, 0.5) is 5.69 Å². The van der Waals surface area contributed by atoms with Gasteiger partial charge in [-0.05, 0) is 38.8 Å². The van der Waals surface area contributed by atoms with Crippen molar-refractivity contribution in [2.24, 2.45) is 0 Å². The van der Waals surface area contributed by atoms with E-state index in [9.17, 15) is 0 Å². The van der Waals surface area contributed by atoms with Crippen LogP contribution >= 0.6 is 11.3 Å². The van der Waals surface area contributed by atoms with Crippen molar-refractivity contribution in [1.82, 2.24) is 30.3 Å². The number of nitrogens with zero attached hydrogens (tertiary/aromatic N) is 6. The molecule has 0 aliphatic carbocycles. The summed E-state index contributed by atoms with van der Waals surface area (Å²) in [6, 6.07) is 9.59. The highest BCUT2D eigenvalue weighted by Gasteiger charge is 2.21. The number of rotatable bonds is 6. The Bertz CT molecular complexity index is 853. The van der Waals surface area contributed by atoms with E-state index in [1.807, 2.05) is 11.6 Å². The van der Waals surface area contributed by atoms with E-state index in [-0.39, 0.29) is 0 Å². The van der Waals surface area contributed by atoms with Gasteiger partial charge in [0.05, 0.1) is 6.54 Å². The minimum absolute atomic E-state index is 0.382. The van der Waals surface area contributed by atoms with E-state index < -0.39 is 0 Å². The van der Waals surface area contributed by atoms with Crippen molar-refractivity contribution in [3.05, 3.63) is 41.9 Å². The lowest BCUT2D eigenvalue weighted by Gasteiger charge is -2.35. The Morgan fingerprint density at radius 3 is 2.81 bits per heavy atom. The SMILES string of the molecule is Cc1nnc(-c2cccc(N3CCC(N[C@H](C)Cn4cncn4)CC3)c2)s1. The van der Waals surface area contributed by atoms with Gasteiger partial charge in [0.15, 0.2) is 0 Å². The molecule has 0 radical (unpaired) electrons. The largest absolute Gasteiger partial charge is 0.371 e. The van der Waals surface area contributed by atoms with Crippen molar-refractivity contribution in [2.75, 3.05) is 18.0 Å². The molecule has 3 aromatic rings. The highest BCUT2D eigenvalue weighted by atomic mass is 32.1. The van der Waals surface area contributed by atoms with Crippen molar-refractivity contribution >= 4 is 17.0 Å². The molecule has 3 heterocycles. The van der Waals surface area contributed by atoms with E-state index in [4.69, 9.17) is 0 Å². The number of nitrogens with one attached hydrogen (secondary N) is 1. The fraction of sp³-hybridized carbons (Fsp3) is 0.474. The van der Waals surface area contributed by atoms with Gasteiger partial charge in [-0.2, -0.15) is 5.10 Å². The monoisotopic (exact) mass is 383 g/mol. The Hall–Kier alpha value is -2.32. The second-order valence-corrected chi connectivity index (χ2v) is 8.30. The minimum Gasteiger partial charge on any atom is -0.371 e. The molecule has 2 aromatic heterocycles. The number of benzene rings is 1. The maximum atomic E-state index is 4.28. The molecule has 0 bridgehead atoms. The van der Waals surface area contributed by atoms with E-state index in [1.54, 1.807) is 24.0 Å². The molecule has 1 fully saturated rings. The van der Waals surface area contributed by atoms with Crippen LogP contribution in [0.15, 0.2) is 36.9 Å². The van der Waals surface area contributed by atoms with Gasteiger partial charge in [-0.1, -0.05) is 23.5 Å². The van der Waals surface area contributed by atoms with Crippen LogP contribution in [0.2, 0.25) is 0 Å². The molecule has 1 aromatic carbocycles. The van der Waals surface area contributed by atoms with Crippen LogP contribution in [0.3, 0.4) is 0 Å². The van der Waals surface area contributed by atoms with Crippen LogP contribution in [0.1, 0.15) is 24.8 Å². The van der Waals surface area contributed by atoms with Crippen molar-refractivity contribution in [1.29, 1.82) is 0 Å². The van der Waals surface area contributed by atoms with Crippen molar-refractivity contribution in [3.63, 3.8) is 0 Å². The molecule has 4 rings (SSSR count). The third kappa shape index (κ3) is 4.51. The number of aromatic nitrogens is 5. The summed E-state index contributed by atoms with van der Waals surface area (Å²) in [6.45, 7) is 7.18. The van der Waals surface area contributed by atoms with Crippen LogP contribution in [-0.2, 0) is 6.54 Å². The second-order valence-electron chi connectivity index (χ2n) is 7.12. The zero-order valence-electron chi connectivity index (χ0n) is 15.7. The molecule has 1 aliphatic rings. The third-order valence-electron chi connectivity index (χ3n) is 4.93. The van der Waals surface area contributed by atoms with Crippen molar-refractivity contribution < 1.29 is 0 Å². The van der Waals surface area contributed by atoms with E-state index >= 15 is 0 Å². The molecule has 1 atom stereocenters. The molecular formula is C19H25N7S. The van der Waals surface area contributed by atoms with Gasteiger partial charge in [0.2, 0.25) is 0 Å². The minimum atomic E-state index is 0.382. The van der Waals surface area contributed by atoms with Crippen LogP contribution in [-0.4, -0.2) is 50.1 Å². The summed E-state index contributed by atoms with van der Waals surface area (Å²) in [5.41, 5.74) is 2.43. The topological polar surface area (TPSA) is 71.8 Å².